The average molecular weight is 305 g/mol. The third-order valence-electron chi connectivity index (χ3n) is 4.50. The Labute approximate surface area is 130 Å². The number of carbonyl (C=O) groups excluding carboxylic acids is 1. The molecule has 0 bridgehead atoms. The summed E-state index contributed by atoms with van der Waals surface area (Å²) in [5, 5.41) is 9.16. The van der Waals surface area contributed by atoms with E-state index in [-0.39, 0.29) is 25.3 Å². The minimum Gasteiger partial charge on any atom is -0.454 e. The highest BCUT2D eigenvalue weighted by atomic mass is 16.7. The van der Waals surface area contributed by atoms with Gasteiger partial charge in [-0.15, -0.1) is 0 Å². The van der Waals surface area contributed by atoms with Crippen LogP contribution in [0.25, 0.3) is 0 Å². The van der Waals surface area contributed by atoms with Crippen LogP contribution < -0.4 is 9.47 Å². The number of amides is 1. The molecule has 1 atom stereocenters. The molecule has 0 radical (unpaired) electrons. The Balaban J connectivity index is 1.61. The van der Waals surface area contributed by atoms with Crippen LogP contribution in [0.15, 0.2) is 18.2 Å². The van der Waals surface area contributed by atoms with Crippen molar-refractivity contribution in [1.29, 1.82) is 0 Å². The molecule has 120 valence electrons. The Morgan fingerprint density at radius 1 is 1.32 bits per heavy atom. The van der Waals surface area contributed by atoms with Gasteiger partial charge in [-0.25, -0.2) is 0 Å². The first-order valence-electron chi connectivity index (χ1n) is 8.07. The number of hydrogen-bond acceptors (Lipinski definition) is 4. The SMILES string of the molecule is O=C(CCc1cccc2c1OCO2)N1CCCCC1CCO. The zero-order valence-electron chi connectivity index (χ0n) is 12.8. The highest BCUT2D eigenvalue weighted by molar-refractivity contribution is 5.77. The summed E-state index contributed by atoms with van der Waals surface area (Å²) >= 11 is 0. The summed E-state index contributed by atoms with van der Waals surface area (Å²) in [6, 6.07) is 6.01. The number of benzene rings is 1. The monoisotopic (exact) mass is 305 g/mol. The van der Waals surface area contributed by atoms with Crippen LogP contribution in [0.2, 0.25) is 0 Å². The van der Waals surface area contributed by atoms with E-state index >= 15 is 0 Å². The van der Waals surface area contributed by atoms with E-state index in [1.807, 2.05) is 23.1 Å². The maximum atomic E-state index is 12.5. The van der Waals surface area contributed by atoms with E-state index < -0.39 is 0 Å². The number of rotatable bonds is 5. The smallest absolute Gasteiger partial charge is 0.231 e. The van der Waals surface area contributed by atoms with Crippen molar-refractivity contribution < 1.29 is 19.4 Å². The van der Waals surface area contributed by atoms with Crippen LogP contribution in [0, 0.1) is 0 Å². The number of carbonyl (C=O) groups is 1. The lowest BCUT2D eigenvalue weighted by Gasteiger charge is -2.35. The Morgan fingerprint density at radius 2 is 2.23 bits per heavy atom. The van der Waals surface area contributed by atoms with Crippen molar-refractivity contribution in [2.75, 3.05) is 19.9 Å². The van der Waals surface area contributed by atoms with Crippen molar-refractivity contribution in [2.24, 2.45) is 0 Å². The van der Waals surface area contributed by atoms with Crippen molar-refractivity contribution in [1.82, 2.24) is 4.90 Å². The number of hydrogen-bond donors (Lipinski definition) is 1. The molecule has 0 aromatic heterocycles. The molecule has 22 heavy (non-hydrogen) atoms. The molecule has 3 rings (SSSR count). The van der Waals surface area contributed by atoms with Gasteiger partial charge in [-0.2, -0.15) is 0 Å². The molecule has 2 aliphatic rings. The van der Waals surface area contributed by atoms with Gasteiger partial charge in [-0.1, -0.05) is 12.1 Å². The number of aryl methyl sites for hydroxylation is 1. The first-order chi connectivity index (χ1) is 10.8. The topological polar surface area (TPSA) is 59.0 Å². The minimum absolute atomic E-state index is 0.145. The number of fused-ring (bicyclic) bond motifs is 1. The number of ether oxygens (including phenoxy) is 2. The molecule has 1 aromatic carbocycles. The van der Waals surface area contributed by atoms with Gasteiger partial charge in [0.25, 0.3) is 0 Å². The molecule has 1 unspecified atom stereocenters. The molecule has 1 fully saturated rings. The van der Waals surface area contributed by atoms with E-state index in [1.165, 1.54) is 0 Å². The van der Waals surface area contributed by atoms with E-state index in [2.05, 4.69) is 0 Å². The molecule has 1 N–H and O–H groups in total. The van der Waals surface area contributed by atoms with Crippen LogP contribution in [-0.4, -0.2) is 41.9 Å². The van der Waals surface area contributed by atoms with Crippen molar-refractivity contribution in [3.63, 3.8) is 0 Å². The van der Waals surface area contributed by atoms with Crippen molar-refractivity contribution in [2.45, 2.75) is 44.6 Å². The second-order valence-corrected chi connectivity index (χ2v) is 5.90. The second kappa shape index (κ2) is 7.01. The first-order valence-corrected chi connectivity index (χ1v) is 8.07. The molecule has 0 saturated carbocycles. The van der Waals surface area contributed by atoms with Gasteiger partial charge < -0.3 is 19.5 Å². The third-order valence-corrected chi connectivity index (χ3v) is 4.50. The summed E-state index contributed by atoms with van der Waals surface area (Å²) in [6.07, 6.45) is 5.03. The standard InChI is InChI=1S/C17H23NO4/c19-11-9-14-5-1-2-10-18(14)16(20)8-7-13-4-3-6-15-17(13)22-12-21-15/h3-4,6,14,19H,1-2,5,7-12H2. The summed E-state index contributed by atoms with van der Waals surface area (Å²) in [5.74, 6) is 1.72. The summed E-state index contributed by atoms with van der Waals surface area (Å²) in [7, 11) is 0. The van der Waals surface area contributed by atoms with Gasteiger partial charge in [0.1, 0.15) is 0 Å². The van der Waals surface area contributed by atoms with Crippen LogP contribution >= 0.6 is 0 Å². The fourth-order valence-electron chi connectivity index (χ4n) is 3.35. The lowest BCUT2D eigenvalue weighted by atomic mass is 9.98. The van der Waals surface area contributed by atoms with Gasteiger partial charge in [0, 0.05) is 25.6 Å². The number of piperidine rings is 1. The van der Waals surface area contributed by atoms with Crippen molar-refractivity contribution in [3.05, 3.63) is 23.8 Å². The molecule has 5 heteroatoms. The van der Waals surface area contributed by atoms with Gasteiger partial charge in [-0.3, -0.25) is 4.79 Å². The summed E-state index contributed by atoms with van der Waals surface area (Å²) in [6.45, 7) is 1.22. The minimum atomic E-state index is 0.145. The molecular formula is C17H23NO4. The second-order valence-electron chi connectivity index (χ2n) is 5.90. The molecule has 1 aromatic rings. The summed E-state index contributed by atoms with van der Waals surface area (Å²) in [4.78, 5) is 14.5. The predicted octanol–water partition coefficient (Wildman–Crippen LogP) is 2.11. The van der Waals surface area contributed by atoms with Crippen LogP contribution in [-0.2, 0) is 11.2 Å². The van der Waals surface area contributed by atoms with Crippen LogP contribution in [0.1, 0.15) is 37.7 Å². The largest absolute Gasteiger partial charge is 0.454 e. The van der Waals surface area contributed by atoms with Gasteiger partial charge in [0.05, 0.1) is 0 Å². The fraction of sp³-hybridized carbons (Fsp3) is 0.588. The number of likely N-dealkylation sites (tertiary alicyclic amines) is 1. The summed E-state index contributed by atoms with van der Waals surface area (Å²) in [5.41, 5.74) is 1.03. The lowest BCUT2D eigenvalue weighted by Crippen LogP contribution is -2.44. The van der Waals surface area contributed by atoms with E-state index in [9.17, 15) is 4.79 Å². The quantitative estimate of drug-likeness (QED) is 0.905. The maximum Gasteiger partial charge on any atom is 0.231 e. The van der Waals surface area contributed by atoms with Gasteiger partial charge in [-0.05, 0) is 43.7 Å². The maximum absolute atomic E-state index is 12.5. The molecule has 5 nitrogen and oxygen atoms in total. The van der Waals surface area contributed by atoms with E-state index in [0.717, 1.165) is 42.9 Å². The van der Waals surface area contributed by atoms with Gasteiger partial charge in [0.15, 0.2) is 11.5 Å². The lowest BCUT2D eigenvalue weighted by molar-refractivity contribution is -0.135. The molecule has 2 heterocycles. The third kappa shape index (κ3) is 3.19. The highest BCUT2D eigenvalue weighted by Crippen LogP contribution is 2.36. The Bertz CT molecular complexity index is 529. The fourth-order valence-corrected chi connectivity index (χ4v) is 3.35. The highest BCUT2D eigenvalue weighted by Gasteiger charge is 2.26. The summed E-state index contributed by atoms with van der Waals surface area (Å²) < 4.78 is 10.9. The number of para-hydroxylation sites is 1. The molecule has 1 saturated heterocycles. The van der Waals surface area contributed by atoms with Crippen LogP contribution in [0.4, 0.5) is 0 Å². The normalized spacial score (nSPS) is 20.2. The van der Waals surface area contributed by atoms with E-state index in [1.54, 1.807) is 0 Å². The Morgan fingerprint density at radius 3 is 3.09 bits per heavy atom. The number of nitrogens with zero attached hydrogens (tertiary/aromatic N) is 1. The number of aliphatic hydroxyl groups excluding tert-OH is 1. The number of aliphatic hydroxyl groups is 1. The van der Waals surface area contributed by atoms with E-state index in [0.29, 0.717) is 19.3 Å². The average Bonchev–Trinajstić information content (AvgIpc) is 3.02. The molecule has 0 aliphatic carbocycles. The zero-order chi connectivity index (χ0) is 15.4. The van der Waals surface area contributed by atoms with Crippen LogP contribution in [0.5, 0.6) is 11.5 Å². The van der Waals surface area contributed by atoms with Crippen molar-refractivity contribution in [3.8, 4) is 11.5 Å². The molecular weight excluding hydrogens is 282 g/mol. The van der Waals surface area contributed by atoms with E-state index in [4.69, 9.17) is 14.6 Å². The van der Waals surface area contributed by atoms with Crippen LogP contribution in [0.3, 0.4) is 0 Å². The zero-order valence-corrected chi connectivity index (χ0v) is 12.8. The van der Waals surface area contributed by atoms with Crippen molar-refractivity contribution >= 4 is 5.91 Å². The van der Waals surface area contributed by atoms with Gasteiger partial charge in [0.2, 0.25) is 12.7 Å². The molecule has 1 amide bonds. The molecule has 2 aliphatic heterocycles. The van der Waals surface area contributed by atoms with Gasteiger partial charge >= 0.3 is 0 Å². The Kier molecular flexibility index (Phi) is 4.83. The molecule has 0 spiro atoms. The predicted molar refractivity (Wildman–Crippen MR) is 81.9 cm³/mol. The Hall–Kier alpha value is -1.75. The first kappa shape index (κ1) is 15.2.